The van der Waals surface area contributed by atoms with Gasteiger partial charge in [-0.25, -0.2) is 4.39 Å². The fraction of sp³-hybridized carbons (Fsp3) is 0.273. The van der Waals surface area contributed by atoms with E-state index < -0.39 is 0 Å². The van der Waals surface area contributed by atoms with Gasteiger partial charge in [0.1, 0.15) is 10.8 Å². The lowest BCUT2D eigenvalue weighted by Crippen LogP contribution is -2.41. The van der Waals surface area contributed by atoms with Gasteiger partial charge in [0.05, 0.1) is 0 Å². The fourth-order valence-electron chi connectivity index (χ4n) is 3.87. The topological polar surface area (TPSA) is 51.3 Å². The van der Waals surface area contributed by atoms with Crippen LogP contribution < -0.4 is 5.73 Å². The molecule has 3 aromatic rings. The number of nitrogens with two attached hydrogens (primary N) is 1. The Bertz CT molecular complexity index is 1020. The lowest BCUT2D eigenvalue weighted by Gasteiger charge is -2.32. The molecule has 2 heterocycles. The van der Waals surface area contributed by atoms with Gasteiger partial charge >= 0.3 is 0 Å². The molecule has 4 nitrogen and oxygen atoms in total. The van der Waals surface area contributed by atoms with Gasteiger partial charge in [-0.15, -0.1) is 0 Å². The summed E-state index contributed by atoms with van der Waals surface area (Å²) >= 11 is 5.81. The van der Waals surface area contributed by atoms with Crippen LogP contribution in [0, 0.1) is 11.7 Å². The lowest BCUT2D eigenvalue weighted by atomic mass is 9.96. The van der Waals surface area contributed by atoms with Crippen LogP contribution in [-0.4, -0.2) is 33.5 Å². The molecule has 1 aliphatic heterocycles. The van der Waals surface area contributed by atoms with E-state index in [1.54, 1.807) is 12.1 Å². The van der Waals surface area contributed by atoms with Crippen LogP contribution >= 0.6 is 12.2 Å². The normalized spacial score (nSPS) is 15.1. The lowest BCUT2D eigenvalue weighted by molar-refractivity contribution is -0.122. The summed E-state index contributed by atoms with van der Waals surface area (Å²) in [5, 5.41) is 1.10. The number of fused-ring (bicyclic) bond motifs is 1. The minimum Gasteiger partial charge on any atom is -0.369 e. The number of para-hydroxylation sites is 1. The average Bonchev–Trinajstić information content (AvgIpc) is 3.08. The van der Waals surface area contributed by atoms with E-state index in [4.69, 9.17) is 18.0 Å². The number of piperidine rings is 1. The first kappa shape index (κ1) is 18.6. The number of carbonyl (C=O) groups is 1. The molecule has 28 heavy (non-hydrogen) atoms. The molecular formula is C22H22FN3OS. The quantitative estimate of drug-likeness (QED) is 0.686. The van der Waals surface area contributed by atoms with E-state index in [0.29, 0.717) is 6.54 Å². The minimum atomic E-state index is -0.234. The summed E-state index contributed by atoms with van der Waals surface area (Å²) in [5.41, 5.74) is 8.59. The van der Waals surface area contributed by atoms with Crippen molar-refractivity contribution < 1.29 is 9.18 Å². The Morgan fingerprint density at radius 3 is 2.46 bits per heavy atom. The van der Waals surface area contributed by atoms with Gasteiger partial charge in [0.15, 0.2) is 0 Å². The van der Waals surface area contributed by atoms with Crippen molar-refractivity contribution in [3.8, 4) is 0 Å². The monoisotopic (exact) mass is 395 g/mol. The van der Waals surface area contributed by atoms with Crippen molar-refractivity contribution in [3.05, 3.63) is 71.7 Å². The first-order chi connectivity index (χ1) is 13.5. The number of primary amides is 1. The van der Waals surface area contributed by atoms with Crippen molar-refractivity contribution in [1.82, 2.24) is 9.47 Å². The zero-order valence-corrected chi connectivity index (χ0v) is 16.3. The van der Waals surface area contributed by atoms with Crippen molar-refractivity contribution in [2.45, 2.75) is 19.4 Å². The van der Waals surface area contributed by atoms with Gasteiger partial charge < -0.3 is 15.2 Å². The molecule has 2 N–H and O–H groups in total. The zero-order chi connectivity index (χ0) is 19.7. The molecule has 0 unspecified atom stereocenters. The van der Waals surface area contributed by atoms with E-state index in [1.807, 2.05) is 12.1 Å². The highest BCUT2D eigenvalue weighted by atomic mass is 32.1. The van der Waals surface area contributed by atoms with Crippen molar-refractivity contribution in [2.24, 2.45) is 11.7 Å². The number of nitrogens with zero attached hydrogens (tertiary/aromatic N) is 2. The van der Waals surface area contributed by atoms with E-state index >= 15 is 0 Å². The number of benzene rings is 2. The van der Waals surface area contributed by atoms with E-state index in [0.717, 1.165) is 52.9 Å². The van der Waals surface area contributed by atoms with Gasteiger partial charge in [-0.2, -0.15) is 0 Å². The molecule has 1 fully saturated rings. The molecule has 6 heteroatoms. The largest absolute Gasteiger partial charge is 0.369 e. The van der Waals surface area contributed by atoms with E-state index in [-0.39, 0.29) is 17.6 Å². The van der Waals surface area contributed by atoms with Crippen molar-refractivity contribution in [2.75, 3.05) is 13.1 Å². The first-order valence-corrected chi connectivity index (χ1v) is 9.84. The molecule has 1 aromatic heterocycles. The number of rotatable bonds is 4. The molecule has 1 amide bonds. The summed E-state index contributed by atoms with van der Waals surface area (Å²) < 4.78 is 15.4. The SMILES string of the molecule is NC(=O)C1CCN(C(=S)c2cn(Cc3ccc(F)cc3)c3ccccc23)CC1. The third kappa shape index (κ3) is 3.64. The van der Waals surface area contributed by atoms with Crippen LogP contribution in [0.15, 0.2) is 54.7 Å². The van der Waals surface area contributed by atoms with Crippen molar-refractivity contribution in [1.29, 1.82) is 0 Å². The number of halogens is 1. The van der Waals surface area contributed by atoms with Gasteiger partial charge in [-0.1, -0.05) is 42.5 Å². The van der Waals surface area contributed by atoms with Gasteiger partial charge in [0.25, 0.3) is 0 Å². The molecule has 0 atom stereocenters. The predicted octanol–water partition coefficient (Wildman–Crippen LogP) is 3.70. The van der Waals surface area contributed by atoms with Crippen LogP contribution in [0.1, 0.15) is 24.0 Å². The molecule has 0 bridgehead atoms. The molecule has 144 valence electrons. The molecule has 1 saturated heterocycles. The number of carbonyl (C=O) groups excluding carboxylic acids is 1. The highest BCUT2D eigenvalue weighted by Crippen LogP contribution is 2.26. The fourth-order valence-corrected chi connectivity index (χ4v) is 4.22. The number of likely N-dealkylation sites (tertiary alicyclic amines) is 1. The second-order valence-corrected chi connectivity index (χ2v) is 7.67. The van der Waals surface area contributed by atoms with E-state index in [2.05, 4.69) is 27.8 Å². The maximum Gasteiger partial charge on any atom is 0.220 e. The molecule has 0 aliphatic carbocycles. The Kier molecular flexibility index (Phi) is 5.13. The van der Waals surface area contributed by atoms with Crippen LogP contribution in [0.4, 0.5) is 4.39 Å². The van der Waals surface area contributed by atoms with Gasteiger partial charge in [0.2, 0.25) is 5.91 Å². The number of amides is 1. The Morgan fingerprint density at radius 2 is 1.79 bits per heavy atom. The molecule has 2 aromatic carbocycles. The van der Waals surface area contributed by atoms with Gasteiger partial charge in [0, 0.05) is 48.2 Å². The zero-order valence-electron chi connectivity index (χ0n) is 15.5. The van der Waals surface area contributed by atoms with Crippen molar-refractivity contribution in [3.63, 3.8) is 0 Å². The standard InChI is InChI=1S/C22H22FN3OS/c23-17-7-5-15(6-8-17)13-26-14-19(18-3-1-2-4-20(18)26)22(28)25-11-9-16(10-12-25)21(24)27/h1-8,14,16H,9-13H2,(H2,24,27). The number of aromatic nitrogens is 1. The maximum absolute atomic E-state index is 13.2. The Labute approximate surface area is 168 Å². The van der Waals surface area contributed by atoms with E-state index in [1.165, 1.54) is 12.1 Å². The molecule has 0 radical (unpaired) electrons. The average molecular weight is 396 g/mol. The molecule has 1 aliphatic rings. The second kappa shape index (κ2) is 7.72. The number of hydrogen-bond acceptors (Lipinski definition) is 2. The first-order valence-electron chi connectivity index (χ1n) is 9.44. The van der Waals surface area contributed by atoms with Gasteiger partial charge in [-0.05, 0) is 36.6 Å². The Morgan fingerprint density at radius 1 is 1.11 bits per heavy atom. The third-order valence-corrected chi connectivity index (χ3v) is 5.95. The Balaban J connectivity index is 1.62. The van der Waals surface area contributed by atoms with Gasteiger partial charge in [-0.3, -0.25) is 4.79 Å². The minimum absolute atomic E-state index is 0.0566. The molecular weight excluding hydrogens is 373 g/mol. The summed E-state index contributed by atoms with van der Waals surface area (Å²) in [6.45, 7) is 2.13. The molecule has 4 rings (SSSR count). The van der Waals surface area contributed by atoms with Crippen LogP contribution in [-0.2, 0) is 11.3 Å². The summed E-state index contributed by atoms with van der Waals surface area (Å²) in [5.74, 6) is -0.511. The number of thiocarbonyl (C=S) groups is 1. The summed E-state index contributed by atoms with van der Waals surface area (Å²) in [6, 6.07) is 14.7. The van der Waals surface area contributed by atoms with Crippen LogP contribution in [0.3, 0.4) is 0 Å². The highest BCUT2D eigenvalue weighted by Gasteiger charge is 2.26. The number of hydrogen-bond donors (Lipinski definition) is 1. The Hall–Kier alpha value is -2.73. The summed E-state index contributed by atoms with van der Waals surface area (Å²) in [6.07, 6.45) is 3.56. The van der Waals surface area contributed by atoms with Crippen LogP contribution in [0.5, 0.6) is 0 Å². The molecule has 0 spiro atoms. The summed E-state index contributed by atoms with van der Waals surface area (Å²) in [7, 11) is 0. The maximum atomic E-state index is 13.2. The highest BCUT2D eigenvalue weighted by molar-refractivity contribution is 7.80. The third-order valence-electron chi connectivity index (χ3n) is 5.47. The summed E-state index contributed by atoms with van der Waals surface area (Å²) in [4.78, 5) is 14.4. The van der Waals surface area contributed by atoms with E-state index in [9.17, 15) is 9.18 Å². The van der Waals surface area contributed by atoms with Crippen molar-refractivity contribution >= 4 is 34.0 Å². The predicted molar refractivity (Wildman–Crippen MR) is 113 cm³/mol. The smallest absolute Gasteiger partial charge is 0.220 e. The second-order valence-electron chi connectivity index (χ2n) is 7.28. The molecule has 0 saturated carbocycles. The van der Waals surface area contributed by atoms with Crippen LogP contribution in [0.2, 0.25) is 0 Å². The van der Waals surface area contributed by atoms with Crippen LogP contribution in [0.25, 0.3) is 10.9 Å².